The van der Waals surface area contributed by atoms with Crippen LogP contribution in [0, 0.1) is 13.8 Å². The Bertz CT molecular complexity index is 1300. The summed E-state index contributed by atoms with van der Waals surface area (Å²) in [4.78, 5) is 30.0. The van der Waals surface area contributed by atoms with Gasteiger partial charge in [-0.2, -0.15) is 0 Å². The molecule has 2 aromatic heterocycles. The molecule has 34 heavy (non-hydrogen) atoms. The van der Waals surface area contributed by atoms with Crippen LogP contribution in [0.1, 0.15) is 67.8 Å². The molecule has 0 saturated carbocycles. The first-order valence-electron chi connectivity index (χ1n) is 10.9. The number of hydrogen-bond acceptors (Lipinski definition) is 7. The van der Waals surface area contributed by atoms with Crippen molar-refractivity contribution >= 4 is 45.4 Å². The number of carbonyl (C=O) groups is 1. The maximum atomic E-state index is 13.1. The molecule has 3 aromatic rings. The van der Waals surface area contributed by atoms with Crippen LogP contribution in [-0.2, 0) is 15.9 Å². The quantitative estimate of drug-likeness (QED) is 0.260. The molecule has 0 aliphatic rings. The monoisotopic (exact) mass is 504 g/mol. The summed E-state index contributed by atoms with van der Waals surface area (Å²) < 4.78 is 24.1. The smallest absolute Gasteiger partial charge is 0.359 e. The van der Waals surface area contributed by atoms with Crippen LogP contribution < -0.4 is 10.7 Å². The molecule has 0 aliphatic heterocycles. The molecule has 7 nitrogen and oxygen atoms in total. The Kier molecular flexibility index (Phi) is 7.65. The molecular weight excluding hydrogens is 476 g/mol. The summed E-state index contributed by atoms with van der Waals surface area (Å²) in [6, 6.07) is 6.48. The first-order valence-corrected chi connectivity index (χ1v) is 12.6. The summed E-state index contributed by atoms with van der Waals surface area (Å²) in [7, 11) is 0. The number of rotatable bonds is 6. The number of pyridine rings is 1. The summed E-state index contributed by atoms with van der Waals surface area (Å²) in [5, 5.41) is 4.03. The minimum Gasteiger partial charge on any atom is -0.609 e. The Morgan fingerprint density at radius 3 is 2.59 bits per heavy atom. The lowest BCUT2D eigenvalue weighted by Gasteiger charge is -2.22. The zero-order valence-electron chi connectivity index (χ0n) is 20.4. The number of nitrogens with zero attached hydrogens (tertiary/aromatic N) is 1. The van der Waals surface area contributed by atoms with E-state index in [1.54, 1.807) is 52.8 Å². The molecule has 0 spiro atoms. The molecule has 2 unspecified atom stereocenters. The fraction of sp³-hybridized carbons (Fsp3) is 0.400. The van der Waals surface area contributed by atoms with Crippen LogP contribution in [0.25, 0.3) is 11.0 Å². The van der Waals surface area contributed by atoms with Gasteiger partial charge in [-0.05, 0) is 72.2 Å². The number of benzene rings is 1. The SMILES string of the molecule is CC[S+]([O-])c1oc2c(C(C)Nc3ccc(Cl)nc3C(=O)OC(C)(C)C)cc(C)cc2c(=O)c1C. The van der Waals surface area contributed by atoms with Gasteiger partial charge in [0.05, 0.1) is 22.7 Å². The Labute approximate surface area is 207 Å². The summed E-state index contributed by atoms with van der Waals surface area (Å²) >= 11 is 4.62. The maximum Gasteiger partial charge on any atom is 0.359 e. The molecule has 0 aliphatic carbocycles. The largest absolute Gasteiger partial charge is 0.609 e. The van der Waals surface area contributed by atoms with Gasteiger partial charge in [0.25, 0.3) is 0 Å². The molecule has 1 N–H and O–H groups in total. The number of carbonyl (C=O) groups excluding carboxylic acids is 1. The number of aromatic nitrogens is 1. The Morgan fingerprint density at radius 2 is 1.97 bits per heavy atom. The average Bonchev–Trinajstić information content (AvgIpc) is 2.75. The Balaban J connectivity index is 2.11. The van der Waals surface area contributed by atoms with Gasteiger partial charge in [0.15, 0.2) is 5.69 Å². The topological polar surface area (TPSA) is 104 Å². The van der Waals surface area contributed by atoms with Gasteiger partial charge in [-0.3, -0.25) is 4.79 Å². The lowest BCUT2D eigenvalue weighted by Crippen LogP contribution is -2.25. The van der Waals surface area contributed by atoms with Crippen LogP contribution >= 0.6 is 11.6 Å². The molecule has 0 bridgehead atoms. The third-order valence-corrected chi connectivity index (χ3v) is 6.65. The third-order valence-electron chi connectivity index (χ3n) is 5.11. The van der Waals surface area contributed by atoms with E-state index in [9.17, 15) is 14.1 Å². The van der Waals surface area contributed by atoms with E-state index < -0.39 is 28.8 Å². The van der Waals surface area contributed by atoms with E-state index >= 15 is 0 Å². The number of ether oxygens (including phenoxy) is 1. The fourth-order valence-electron chi connectivity index (χ4n) is 3.56. The zero-order chi connectivity index (χ0) is 25.4. The average molecular weight is 505 g/mol. The molecule has 0 fully saturated rings. The zero-order valence-corrected chi connectivity index (χ0v) is 21.9. The van der Waals surface area contributed by atoms with E-state index in [4.69, 9.17) is 20.8 Å². The molecule has 0 amide bonds. The lowest BCUT2D eigenvalue weighted by molar-refractivity contribution is 0.00640. The van der Waals surface area contributed by atoms with Gasteiger partial charge in [-0.25, -0.2) is 9.78 Å². The molecule has 9 heteroatoms. The number of esters is 1. The second-order valence-electron chi connectivity index (χ2n) is 9.11. The van der Waals surface area contributed by atoms with Gasteiger partial charge in [-0.1, -0.05) is 17.7 Å². The van der Waals surface area contributed by atoms with Crippen LogP contribution in [0.5, 0.6) is 0 Å². The fourth-order valence-corrected chi connectivity index (χ4v) is 4.58. The van der Waals surface area contributed by atoms with Gasteiger partial charge in [0.1, 0.15) is 22.1 Å². The van der Waals surface area contributed by atoms with E-state index in [1.165, 1.54) is 0 Å². The van der Waals surface area contributed by atoms with Gasteiger partial charge in [-0.15, -0.1) is 0 Å². The summed E-state index contributed by atoms with van der Waals surface area (Å²) in [5.74, 6) is -0.276. The van der Waals surface area contributed by atoms with Gasteiger partial charge < -0.3 is 19.0 Å². The van der Waals surface area contributed by atoms with E-state index in [0.717, 1.165) is 5.56 Å². The Morgan fingerprint density at radius 1 is 1.29 bits per heavy atom. The standard InChI is InChI=1S/C25H29ClN2O5S/c1-8-34(31)24-14(3)21(29)17-12-13(2)11-16(22(17)32-24)15(4)27-18-9-10-19(26)28-20(18)23(30)33-25(5,6)7/h9-12,15,27H,8H2,1-7H3. The van der Waals surface area contributed by atoms with Gasteiger partial charge >= 0.3 is 11.1 Å². The molecule has 2 heterocycles. The van der Waals surface area contributed by atoms with Crippen molar-refractivity contribution in [2.45, 2.75) is 65.2 Å². The third kappa shape index (κ3) is 5.56. The highest BCUT2D eigenvalue weighted by Crippen LogP contribution is 2.31. The first kappa shape index (κ1) is 26.1. The number of fused-ring (bicyclic) bond motifs is 1. The molecule has 0 radical (unpaired) electrons. The highest BCUT2D eigenvalue weighted by Gasteiger charge is 2.26. The van der Waals surface area contributed by atoms with Crippen molar-refractivity contribution < 1.29 is 18.5 Å². The minimum atomic E-state index is -1.43. The lowest BCUT2D eigenvalue weighted by atomic mass is 10.0. The second kappa shape index (κ2) is 9.98. The first-order chi connectivity index (χ1) is 15.8. The number of halogens is 1. The molecule has 0 saturated heterocycles. The summed E-state index contributed by atoms with van der Waals surface area (Å²) in [6.07, 6.45) is 0. The molecule has 182 valence electrons. The Hall–Kier alpha value is -2.55. The van der Waals surface area contributed by atoms with E-state index in [2.05, 4.69) is 10.3 Å². The van der Waals surface area contributed by atoms with Crippen molar-refractivity contribution in [3.63, 3.8) is 0 Å². The number of nitrogens with one attached hydrogen (secondary N) is 1. The van der Waals surface area contributed by atoms with Crippen molar-refractivity contribution in [1.29, 1.82) is 0 Å². The predicted molar refractivity (Wildman–Crippen MR) is 135 cm³/mol. The van der Waals surface area contributed by atoms with Crippen molar-refractivity contribution in [1.82, 2.24) is 4.98 Å². The second-order valence-corrected chi connectivity index (χ2v) is 11.1. The molecule has 3 rings (SSSR count). The molecule has 2 atom stereocenters. The van der Waals surface area contributed by atoms with Crippen molar-refractivity contribution in [2.24, 2.45) is 0 Å². The van der Waals surface area contributed by atoms with Crippen molar-refractivity contribution in [2.75, 3.05) is 11.1 Å². The maximum absolute atomic E-state index is 13.1. The molecular formula is C25H29ClN2O5S. The number of anilines is 1. The van der Waals surface area contributed by atoms with Crippen LogP contribution in [0.2, 0.25) is 5.15 Å². The van der Waals surface area contributed by atoms with Gasteiger partial charge in [0.2, 0.25) is 5.43 Å². The van der Waals surface area contributed by atoms with Crippen LogP contribution in [0.15, 0.2) is 38.6 Å². The highest BCUT2D eigenvalue weighted by atomic mass is 35.5. The summed E-state index contributed by atoms with van der Waals surface area (Å²) in [6.45, 7) is 12.5. The summed E-state index contributed by atoms with van der Waals surface area (Å²) in [5.41, 5.74) is 1.82. The van der Waals surface area contributed by atoms with Crippen molar-refractivity contribution in [3.8, 4) is 0 Å². The van der Waals surface area contributed by atoms with E-state index in [-0.39, 0.29) is 21.4 Å². The van der Waals surface area contributed by atoms with Crippen LogP contribution in [-0.4, -0.2) is 26.9 Å². The van der Waals surface area contributed by atoms with E-state index in [1.807, 2.05) is 19.9 Å². The molecule has 1 aromatic carbocycles. The van der Waals surface area contributed by atoms with E-state index in [0.29, 0.717) is 33.5 Å². The highest BCUT2D eigenvalue weighted by molar-refractivity contribution is 7.91. The predicted octanol–water partition coefficient (Wildman–Crippen LogP) is 5.71. The van der Waals surface area contributed by atoms with Crippen molar-refractivity contribution in [3.05, 3.63) is 62.0 Å². The van der Waals surface area contributed by atoms with Crippen LogP contribution in [0.4, 0.5) is 5.69 Å². The number of aryl methyl sites for hydroxylation is 1. The van der Waals surface area contributed by atoms with Crippen LogP contribution in [0.3, 0.4) is 0 Å². The minimum absolute atomic E-state index is 0.0521. The number of hydrogen-bond donors (Lipinski definition) is 1. The normalized spacial score (nSPS) is 13.6. The van der Waals surface area contributed by atoms with Gasteiger partial charge in [0, 0.05) is 16.7 Å².